The summed E-state index contributed by atoms with van der Waals surface area (Å²) in [5.74, 6) is 0.468. The summed E-state index contributed by atoms with van der Waals surface area (Å²) in [4.78, 5) is 0.153. The maximum atomic E-state index is 12.5. The van der Waals surface area contributed by atoms with E-state index in [0.29, 0.717) is 20.4 Å². The lowest BCUT2D eigenvalue weighted by molar-refractivity contribution is 0.417. The van der Waals surface area contributed by atoms with Crippen LogP contribution in [0.1, 0.15) is 5.56 Å². The molecule has 112 valence electrons. The van der Waals surface area contributed by atoms with Crippen LogP contribution >= 0.6 is 31.9 Å². The summed E-state index contributed by atoms with van der Waals surface area (Å²) in [6, 6.07) is 10.3. The fourth-order valence-corrected chi connectivity index (χ4v) is 4.35. The monoisotopic (exact) mass is 433 g/mol. The number of hydrogen-bond donors (Lipinski definition) is 1. The Kier molecular flexibility index (Phi) is 4.95. The van der Waals surface area contributed by atoms with Crippen LogP contribution in [0.15, 0.2) is 50.2 Å². The Bertz CT molecular complexity index is 776. The molecule has 0 heterocycles. The van der Waals surface area contributed by atoms with Crippen LogP contribution < -0.4 is 9.46 Å². The first-order chi connectivity index (χ1) is 9.83. The average Bonchev–Trinajstić information content (AvgIpc) is 2.41. The lowest BCUT2D eigenvalue weighted by Gasteiger charge is -2.13. The minimum absolute atomic E-state index is 0.153. The van der Waals surface area contributed by atoms with E-state index in [-0.39, 0.29) is 4.90 Å². The fourth-order valence-electron chi connectivity index (χ4n) is 1.78. The summed E-state index contributed by atoms with van der Waals surface area (Å²) < 4.78 is 34.0. The van der Waals surface area contributed by atoms with E-state index in [1.54, 1.807) is 24.3 Å². The summed E-state index contributed by atoms with van der Waals surface area (Å²) in [5, 5.41) is 0. The molecule has 21 heavy (non-hydrogen) atoms. The van der Waals surface area contributed by atoms with E-state index in [2.05, 4.69) is 36.6 Å². The Morgan fingerprint density at radius 1 is 1.10 bits per heavy atom. The molecular formula is C14H13Br2NO3S. The van der Waals surface area contributed by atoms with Crippen molar-refractivity contribution in [1.82, 2.24) is 0 Å². The lowest BCUT2D eigenvalue weighted by atomic mass is 10.2. The third-order valence-electron chi connectivity index (χ3n) is 2.78. The van der Waals surface area contributed by atoms with Gasteiger partial charge in [0, 0.05) is 8.95 Å². The Balaban J connectivity index is 2.47. The maximum Gasteiger partial charge on any atom is 0.263 e. The zero-order chi connectivity index (χ0) is 15.6. The van der Waals surface area contributed by atoms with E-state index in [9.17, 15) is 8.42 Å². The van der Waals surface area contributed by atoms with Crippen LogP contribution in [-0.4, -0.2) is 15.5 Å². The van der Waals surface area contributed by atoms with E-state index >= 15 is 0 Å². The van der Waals surface area contributed by atoms with Gasteiger partial charge in [-0.05, 0) is 58.7 Å². The molecule has 0 saturated heterocycles. The lowest BCUT2D eigenvalue weighted by Crippen LogP contribution is -2.14. The molecule has 0 saturated carbocycles. The molecule has 0 bridgehead atoms. The molecule has 0 spiro atoms. The van der Waals surface area contributed by atoms with Gasteiger partial charge in [-0.2, -0.15) is 0 Å². The second-order valence-electron chi connectivity index (χ2n) is 4.38. The molecule has 1 N–H and O–H groups in total. The third-order valence-corrected chi connectivity index (χ3v) is 5.63. The second-order valence-corrected chi connectivity index (χ2v) is 7.80. The first kappa shape index (κ1) is 16.3. The Labute approximate surface area is 140 Å². The van der Waals surface area contributed by atoms with Crippen LogP contribution in [-0.2, 0) is 10.0 Å². The van der Waals surface area contributed by atoms with Crippen LogP contribution in [0.3, 0.4) is 0 Å². The minimum atomic E-state index is -3.72. The van der Waals surface area contributed by atoms with Crippen LogP contribution in [0.2, 0.25) is 0 Å². The smallest absolute Gasteiger partial charge is 0.263 e. The molecule has 0 amide bonds. The number of anilines is 1. The first-order valence-corrected chi connectivity index (χ1v) is 9.03. The van der Waals surface area contributed by atoms with Crippen LogP contribution in [0.25, 0.3) is 0 Å². The second kappa shape index (κ2) is 6.37. The zero-order valence-corrected chi connectivity index (χ0v) is 15.3. The van der Waals surface area contributed by atoms with Gasteiger partial charge >= 0.3 is 0 Å². The molecule has 0 unspecified atom stereocenters. The molecule has 7 heteroatoms. The molecule has 2 rings (SSSR count). The number of aryl methyl sites for hydroxylation is 1. The summed E-state index contributed by atoms with van der Waals surface area (Å²) >= 11 is 6.53. The van der Waals surface area contributed by atoms with E-state index in [0.717, 1.165) is 5.56 Å². The van der Waals surface area contributed by atoms with Gasteiger partial charge in [-0.1, -0.05) is 22.0 Å². The van der Waals surface area contributed by atoms with E-state index in [1.165, 1.54) is 13.2 Å². The quantitative estimate of drug-likeness (QED) is 0.778. The van der Waals surface area contributed by atoms with Crippen molar-refractivity contribution in [1.29, 1.82) is 0 Å². The van der Waals surface area contributed by atoms with Crippen molar-refractivity contribution in [3.05, 3.63) is 50.9 Å². The molecule has 0 aliphatic rings. The van der Waals surface area contributed by atoms with E-state index < -0.39 is 10.0 Å². The highest BCUT2D eigenvalue weighted by Crippen LogP contribution is 2.31. The van der Waals surface area contributed by atoms with Gasteiger partial charge in [0.05, 0.1) is 12.8 Å². The predicted octanol–water partition coefficient (Wildman–Crippen LogP) is 4.33. The predicted molar refractivity (Wildman–Crippen MR) is 90.4 cm³/mol. The molecule has 0 aliphatic carbocycles. The van der Waals surface area contributed by atoms with Crippen molar-refractivity contribution in [3.63, 3.8) is 0 Å². The summed E-state index contributed by atoms with van der Waals surface area (Å²) in [6.07, 6.45) is 0. The van der Waals surface area contributed by atoms with Gasteiger partial charge in [0.2, 0.25) is 0 Å². The molecular weight excluding hydrogens is 422 g/mol. The van der Waals surface area contributed by atoms with Crippen LogP contribution in [0, 0.1) is 6.92 Å². The van der Waals surface area contributed by atoms with Gasteiger partial charge in [-0.25, -0.2) is 8.42 Å². The highest BCUT2D eigenvalue weighted by atomic mass is 79.9. The molecule has 0 atom stereocenters. The number of rotatable bonds is 4. The largest absolute Gasteiger partial charge is 0.495 e. The van der Waals surface area contributed by atoms with Gasteiger partial charge in [0.25, 0.3) is 10.0 Å². The highest BCUT2D eigenvalue weighted by molar-refractivity contribution is 9.11. The molecule has 4 nitrogen and oxygen atoms in total. The van der Waals surface area contributed by atoms with Crippen LogP contribution in [0.5, 0.6) is 5.75 Å². The van der Waals surface area contributed by atoms with Gasteiger partial charge in [0.1, 0.15) is 10.6 Å². The topological polar surface area (TPSA) is 55.4 Å². The van der Waals surface area contributed by atoms with Crippen molar-refractivity contribution in [2.75, 3.05) is 11.8 Å². The summed E-state index contributed by atoms with van der Waals surface area (Å²) in [5.41, 5.74) is 1.34. The van der Waals surface area contributed by atoms with Gasteiger partial charge in [-0.15, -0.1) is 0 Å². The van der Waals surface area contributed by atoms with Crippen molar-refractivity contribution in [2.24, 2.45) is 0 Å². The Hall–Kier alpha value is -1.05. The minimum Gasteiger partial charge on any atom is -0.495 e. The first-order valence-electron chi connectivity index (χ1n) is 5.96. The highest BCUT2D eigenvalue weighted by Gasteiger charge is 2.20. The number of halogens is 2. The third kappa shape index (κ3) is 3.78. The van der Waals surface area contributed by atoms with Crippen molar-refractivity contribution in [2.45, 2.75) is 11.8 Å². The molecule has 0 fully saturated rings. The maximum absolute atomic E-state index is 12.5. The molecule has 0 aromatic heterocycles. The molecule has 2 aromatic rings. The Morgan fingerprint density at radius 3 is 2.48 bits per heavy atom. The summed E-state index contributed by atoms with van der Waals surface area (Å²) in [6.45, 7) is 1.88. The van der Waals surface area contributed by atoms with Crippen LogP contribution in [0.4, 0.5) is 5.69 Å². The van der Waals surface area contributed by atoms with Crippen molar-refractivity contribution in [3.8, 4) is 5.75 Å². The summed E-state index contributed by atoms with van der Waals surface area (Å²) in [7, 11) is -2.23. The Morgan fingerprint density at radius 2 is 1.81 bits per heavy atom. The average molecular weight is 435 g/mol. The molecule has 2 aromatic carbocycles. The number of hydrogen-bond acceptors (Lipinski definition) is 3. The van der Waals surface area contributed by atoms with Crippen molar-refractivity contribution >= 4 is 47.6 Å². The fraction of sp³-hybridized carbons (Fsp3) is 0.143. The molecule has 0 radical (unpaired) electrons. The molecule has 0 aliphatic heterocycles. The van der Waals surface area contributed by atoms with E-state index in [4.69, 9.17) is 4.74 Å². The zero-order valence-electron chi connectivity index (χ0n) is 11.4. The number of sulfonamides is 1. The van der Waals surface area contributed by atoms with Gasteiger partial charge in [-0.3, -0.25) is 4.72 Å². The number of methoxy groups -OCH3 is 1. The van der Waals surface area contributed by atoms with E-state index in [1.807, 2.05) is 13.0 Å². The SMILES string of the molecule is COc1ccc(C)cc1NS(=O)(=O)c1cc(Br)ccc1Br. The van der Waals surface area contributed by atoms with Gasteiger partial charge < -0.3 is 4.74 Å². The number of benzene rings is 2. The van der Waals surface area contributed by atoms with Crippen molar-refractivity contribution < 1.29 is 13.2 Å². The number of ether oxygens (including phenoxy) is 1. The standard InChI is InChI=1S/C14H13Br2NO3S/c1-9-3-6-13(20-2)12(7-9)17-21(18,19)14-8-10(15)4-5-11(14)16/h3-8,17H,1-2H3. The number of nitrogens with one attached hydrogen (secondary N) is 1. The normalized spacial score (nSPS) is 11.2. The van der Waals surface area contributed by atoms with Gasteiger partial charge in [0.15, 0.2) is 0 Å².